The quantitative estimate of drug-likeness (QED) is 0.843. The van der Waals surface area contributed by atoms with Gasteiger partial charge in [-0.1, -0.05) is 73.5 Å². The standard InChI is InChI=1S/C20H23NOS/c22-19(15-23-18-13-7-8-14-18)21-20(16-9-3-1-4-10-16)17-11-5-2-6-12-17/h1-6,9-12,18,20H,7-8,13-15H2,(H,21,22). The van der Waals surface area contributed by atoms with Crippen LogP contribution in [0.3, 0.4) is 0 Å². The van der Waals surface area contributed by atoms with Gasteiger partial charge in [0.2, 0.25) is 5.91 Å². The van der Waals surface area contributed by atoms with Gasteiger partial charge in [0.25, 0.3) is 0 Å². The molecule has 1 saturated carbocycles. The van der Waals surface area contributed by atoms with Crippen molar-refractivity contribution in [2.24, 2.45) is 0 Å². The monoisotopic (exact) mass is 325 g/mol. The summed E-state index contributed by atoms with van der Waals surface area (Å²) in [7, 11) is 0. The fourth-order valence-electron chi connectivity index (χ4n) is 3.10. The molecule has 3 heteroatoms. The van der Waals surface area contributed by atoms with E-state index in [1.54, 1.807) is 0 Å². The number of amides is 1. The molecule has 0 spiro atoms. The van der Waals surface area contributed by atoms with Crippen LogP contribution in [0.2, 0.25) is 0 Å². The Bertz CT molecular complexity index is 569. The minimum Gasteiger partial charge on any atom is -0.344 e. The van der Waals surface area contributed by atoms with Crippen LogP contribution in [0.15, 0.2) is 60.7 Å². The number of hydrogen-bond acceptors (Lipinski definition) is 2. The molecule has 2 aromatic carbocycles. The van der Waals surface area contributed by atoms with E-state index in [2.05, 4.69) is 29.6 Å². The molecular formula is C20H23NOS. The lowest BCUT2D eigenvalue weighted by atomic mass is 9.99. The summed E-state index contributed by atoms with van der Waals surface area (Å²) in [5.74, 6) is 0.681. The van der Waals surface area contributed by atoms with Crippen LogP contribution >= 0.6 is 11.8 Å². The zero-order valence-corrected chi connectivity index (χ0v) is 14.1. The Morgan fingerprint density at radius 2 is 1.48 bits per heavy atom. The maximum Gasteiger partial charge on any atom is 0.230 e. The third-order valence-corrected chi connectivity index (χ3v) is 5.70. The largest absolute Gasteiger partial charge is 0.344 e. The summed E-state index contributed by atoms with van der Waals surface area (Å²) in [6, 6.07) is 20.3. The first-order valence-electron chi connectivity index (χ1n) is 8.34. The van der Waals surface area contributed by atoms with E-state index in [0.717, 1.165) is 11.1 Å². The molecule has 1 N–H and O–H groups in total. The number of benzene rings is 2. The molecule has 1 fully saturated rings. The van der Waals surface area contributed by atoms with E-state index < -0.39 is 0 Å². The van der Waals surface area contributed by atoms with E-state index >= 15 is 0 Å². The SMILES string of the molecule is O=C(CSC1CCCC1)NC(c1ccccc1)c1ccccc1. The van der Waals surface area contributed by atoms with Gasteiger partial charge in [0.15, 0.2) is 0 Å². The van der Waals surface area contributed by atoms with Gasteiger partial charge in [-0.05, 0) is 24.0 Å². The van der Waals surface area contributed by atoms with Gasteiger partial charge in [0, 0.05) is 5.25 Å². The highest BCUT2D eigenvalue weighted by Gasteiger charge is 2.19. The highest BCUT2D eigenvalue weighted by Crippen LogP contribution is 2.29. The van der Waals surface area contributed by atoms with Crippen LogP contribution in [-0.4, -0.2) is 16.9 Å². The average molecular weight is 325 g/mol. The summed E-state index contributed by atoms with van der Waals surface area (Å²) in [6.45, 7) is 0. The zero-order chi connectivity index (χ0) is 15.9. The molecule has 0 saturated heterocycles. The number of rotatable bonds is 6. The number of carbonyl (C=O) groups is 1. The Morgan fingerprint density at radius 1 is 0.957 bits per heavy atom. The first-order valence-corrected chi connectivity index (χ1v) is 9.38. The molecule has 23 heavy (non-hydrogen) atoms. The van der Waals surface area contributed by atoms with Crippen molar-refractivity contribution in [3.8, 4) is 0 Å². The second-order valence-corrected chi connectivity index (χ2v) is 7.33. The van der Waals surface area contributed by atoms with Crippen LogP contribution in [-0.2, 0) is 4.79 Å². The van der Waals surface area contributed by atoms with Gasteiger partial charge < -0.3 is 5.32 Å². The Hall–Kier alpha value is -1.74. The molecule has 0 atom stereocenters. The van der Waals surface area contributed by atoms with Crippen molar-refractivity contribution < 1.29 is 4.79 Å². The predicted octanol–water partition coefficient (Wildman–Crippen LogP) is 4.57. The second-order valence-electron chi connectivity index (χ2n) is 6.04. The van der Waals surface area contributed by atoms with Crippen molar-refractivity contribution in [3.63, 3.8) is 0 Å². The summed E-state index contributed by atoms with van der Waals surface area (Å²) < 4.78 is 0. The number of hydrogen-bond donors (Lipinski definition) is 1. The molecule has 0 aromatic heterocycles. The molecule has 2 aromatic rings. The van der Waals surface area contributed by atoms with Gasteiger partial charge in [-0.25, -0.2) is 0 Å². The molecule has 3 rings (SSSR count). The maximum atomic E-state index is 12.4. The smallest absolute Gasteiger partial charge is 0.230 e. The molecule has 1 aliphatic rings. The van der Waals surface area contributed by atoms with E-state index in [9.17, 15) is 4.79 Å². The summed E-state index contributed by atoms with van der Waals surface area (Å²) in [6.07, 6.45) is 5.16. The molecule has 1 aliphatic carbocycles. The highest BCUT2D eigenvalue weighted by atomic mass is 32.2. The Morgan fingerprint density at radius 3 is 2.00 bits per heavy atom. The lowest BCUT2D eigenvalue weighted by Crippen LogP contribution is -2.31. The molecule has 0 heterocycles. The molecule has 0 bridgehead atoms. The summed E-state index contributed by atoms with van der Waals surface area (Å²) in [4.78, 5) is 12.4. The van der Waals surface area contributed by atoms with Crippen molar-refractivity contribution in [3.05, 3.63) is 71.8 Å². The lowest BCUT2D eigenvalue weighted by Gasteiger charge is -2.20. The maximum absolute atomic E-state index is 12.4. The fourth-order valence-corrected chi connectivity index (χ4v) is 4.24. The Kier molecular flexibility index (Phi) is 5.76. The molecule has 1 amide bonds. The molecular weight excluding hydrogens is 302 g/mol. The Labute approximate surface area is 142 Å². The first-order chi connectivity index (χ1) is 11.3. The third kappa shape index (κ3) is 4.61. The predicted molar refractivity (Wildman–Crippen MR) is 97.6 cm³/mol. The van der Waals surface area contributed by atoms with Crippen molar-refractivity contribution >= 4 is 17.7 Å². The molecule has 120 valence electrons. The van der Waals surface area contributed by atoms with Crippen LogP contribution < -0.4 is 5.32 Å². The summed E-state index contributed by atoms with van der Waals surface area (Å²) in [5.41, 5.74) is 2.25. The van der Waals surface area contributed by atoms with Gasteiger partial charge in [0.1, 0.15) is 0 Å². The Balaban J connectivity index is 1.67. The lowest BCUT2D eigenvalue weighted by molar-refractivity contribution is -0.119. The van der Waals surface area contributed by atoms with Crippen LogP contribution in [0.1, 0.15) is 42.9 Å². The van der Waals surface area contributed by atoms with Gasteiger partial charge in [-0.2, -0.15) is 0 Å². The van der Waals surface area contributed by atoms with Crippen molar-refractivity contribution in [2.45, 2.75) is 37.0 Å². The van der Waals surface area contributed by atoms with E-state index in [1.165, 1.54) is 25.7 Å². The van der Waals surface area contributed by atoms with Gasteiger partial charge >= 0.3 is 0 Å². The molecule has 0 radical (unpaired) electrons. The van der Waals surface area contributed by atoms with Crippen LogP contribution in [0.4, 0.5) is 0 Å². The zero-order valence-electron chi connectivity index (χ0n) is 13.3. The van der Waals surface area contributed by atoms with E-state index in [4.69, 9.17) is 0 Å². The topological polar surface area (TPSA) is 29.1 Å². The van der Waals surface area contributed by atoms with Crippen LogP contribution in [0, 0.1) is 0 Å². The number of carbonyl (C=O) groups excluding carboxylic acids is 1. The van der Waals surface area contributed by atoms with Gasteiger partial charge in [-0.15, -0.1) is 11.8 Å². The number of nitrogens with one attached hydrogen (secondary N) is 1. The molecule has 0 unspecified atom stereocenters. The van der Waals surface area contributed by atoms with Crippen molar-refractivity contribution in [1.82, 2.24) is 5.32 Å². The summed E-state index contributed by atoms with van der Waals surface area (Å²) >= 11 is 1.81. The normalized spacial score (nSPS) is 15.0. The van der Waals surface area contributed by atoms with Crippen molar-refractivity contribution in [2.75, 3.05) is 5.75 Å². The first kappa shape index (κ1) is 16.1. The summed E-state index contributed by atoms with van der Waals surface area (Å²) in [5, 5.41) is 3.89. The van der Waals surface area contributed by atoms with Crippen LogP contribution in [0.25, 0.3) is 0 Å². The minimum absolute atomic E-state index is 0.0749. The van der Waals surface area contributed by atoms with E-state index in [0.29, 0.717) is 11.0 Å². The highest BCUT2D eigenvalue weighted by molar-refractivity contribution is 8.00. The van der Waals surface area contributed by atoms with Gasteiger partial charge in [-0.3, -0.25) is 4.79 Å². The second kappa shape index (κ2) is 8.21. The van der Waals surface area contributed by atoms with E-state index in [-0.39, 0.29) is 11.9 Å². The van der Waals surface area contributed by atoms with Crippen molar-refractivity contribution in [1.29, 1.82) is 0 Å². The fraction of sp³-hybridized carbons (Fsp3) is 0.350. The molecule has 0 aliphatic heterocycles. The van der Waals surface area contributed by atoms with E-state index in [1.807, 2.05) is 48.2 Å². The third-order valence-electron chi connectivity index (χ3n) is 4.32. The minimum atomic E-state index is -0.0749. The molecule has 2 nitrogen and oxygen atoms in total. The van der Waals surface area contributed by atoms with Gasteiger partial charge in [0.05, 0.1) is 11.8 Å². The average Bonchev–Trinajstić information content (AvgIpc) is 3.13. The number of thioether (sulfide) groups is 1. The van der Waals surface area contributed by atoms with Crippen LogP contribution in [0.5, 0.6) is 0 Å².